The molecule has 0 aliphatic heterocycles. The molecule has 4 nitrogen and oxygen atoms in total. The summed E-state index contributed by atoms with van der Waals surface area (Å²) in [5, 5.41) is 12.3. The van der Waals surface area contributed by atoms with Crippen LogP contribution in [-0.2, 0) is 13.0 Å². The number of oxazole rings is 1. The number of hydrogen-bond donors (Lipinski definition) is 2. The lowest BCUT2D eigenvalue weighted by molar-refractivity contribution is 0.473. The lowest BCUT2D eigenvalue weighted by Crippen LogP contribution is -2.05. The van der Waals surface area contributed by atoms with Gasteiger partial charge in [-0.1, -0.05) is 12.1 Å². The maximum atomic E-state index is 9.32. The number of aromatic nitrogens is 1. The first kappa shape index (κ1) is 10.7. The van der Waals surface area contributed by atoms with Crippen LogP contribution in [0.1, 0.15) is 17.1 Å². The van der Waals surface area contributed by atoms with E-state index in [4.69, 9.17) is 4.42 Å². The highest BCUT2D eigenvalue weighted by atomic mass is 16.3. The topological polar surface area (TPSA) is 58.3 Å². The number of nitrogens with zero attached hydrogens (tertiary/aromatic N) is 1. The minimum Gasteiger partial charge on any atom is -0.508 e. The predicted octanol–water partition coefficient (Wildman–Crippen LogP) is 1.69. The molecule has 0 radical (unpaired) electrons. The molecule has 4 heteroatoms. The minimum absolute atomic E-state index is 0.263. The SMILES string of the molecule is CNCc1coc(Cc2cccc(O)c2)n1. The van der Waals surface area contributed by atoms with Crippen molar-refractivity contribution in [3.8, 4) is 5.75 Å². The third-order valence-corrected chi connectivity index (χ3v) is 2.22. The van der Waals surface area contributed by atoms with Gasteiger partial charge in [-0.2, -0.15) is 0 Å². The maximum Gasteiger partial charge on any atom is 0.198 e. The second-order valence-corrected chi connectivity index (χ2v) is 3.61. The number of hydrogen-bond acceptors (Lipinski definition) is 4. The lowest BCUT2D eigenvalue weighted by Gasteiger charge is -1.97. The van der Waals surface area contributed by atoms with Crippen LogP contribution in [0.2, 0.25) is 0 Å². The van der Waals surface area contributed by atoms with E-state index in [1.165, 1.54) is 0 Å². The maximum absolute atomic E-state index is 9.32. The van der Waals surface area contributed by atoms with Crippen LogP contribution in [0.4, 0.5) is 0 Å². The van der Waals surface area contributed by atoms with Gasteiger partial charge in [0, 0.05) is 13.0 Å². The molecule has 0 aliphatic carbocycles. The zero-order chi connectivity index (χ0) is 11.4. The van der Waals surface area contributed by atoms with E-state index in [1.54, 1.807) is 18.4 Å². The van der Waals surface area contributed by atoms with Gasteiger partial charge >= 0.3 is 0 Å². The molecular weight excluding hydrogens is 204 g/mol. The van der Waals surface area contributed by atoms with Gasteiger partial charge in [-0.15, -0.1) is 0 Å². The Morgan fingerprint density at radius 2 is 2.31 bits per heavy atom. The molecule has 1 aromatic carbocycles. The largest absolute Gasteiger partial charge is 0.508 e. The molecule has 2 aromatic rings. The summed E-state index contributed by atoms with van der Waals surface area (Å²) in [6, 6.07) is 7.09. The van der Waals surface area contributed by atoms with E-state index in [0.29, 0.717) is 18.9 Å². The summed E-state index contributed by atoms with van der Waals surface area (Å²) < 4.78 is 5.33. The molecule has 2 rings (SSSR count). The molecule has 16 heavy (non-hydrogen) atoms. The van der Waals surface area contributed by atoms with Crippen molar-refractivity contribution in [1.82, 2.24) is 10.3 Å². The van der Waals surface area contributed by atoms with E-state index >= 15 is 0 Å². The highest BCUT2D eigenvalue weighted by molar-refractivity contribution is 5.28. The van der Waals surface area contributed by atoms with Crippen LogP contribution in [0.3, 0.4) is 0 Å². The van der Waals surface area contributed by atoms with Crippen LogP contribution in [0.5, 0.6) is 5.75 Å². The van der Waals surface area contributed by atoms with Gasteiger partial charge in [-0.25, -0.2) is 4.98 Å². The van der Waals surface area contributed by atoms with E-state index in [-0.39, 0.29) is 5.75 Å². The van der Waals surface area contributed by atoms with Crippen molar-refractivity contribution >= 4 is 0 Å². The van der Waals surface area contributed by atoms with Crippen LogP contribution >= 0.6 is 0 Å². The summed E-state index contributed by atoms with van der Waals surface area (Å²) in [7, 11) is 1.86. The van der Waals surface area contributed by atoms with Gasteiger partial charge in [0.2, 0.25) is 0 Å². The van der Waals surface area contributed by atoms with Gasteiger partial charge in [0.05, 0.1) is 5.69 Å². The second kappa shape index (κ2) is 4.81. The molecule has 0 saturated heterocycles. The molecule has 1 aromatic heterocycles. The van der Waals surface area contributed by atoms with Crippen molar-refractivity contribution in [2.45, 2.75) is 13.0 Å². The summed E-state index contributed by atoms with van der Waals surface area (Å²) in [5.41, 5.74) is 1.87. The van der Waals surface area contributed by atoms with E-state index in [0.717, 1.165) is 11.3 Å². The standard InChI is InChI=1S/C12H14N2O2/c1-13-7-10-8-16-12(14-10)6-9-3-2-4-11(15)5-9/h2-5,8,13,15H,6-7H2,1H3. The minimum atomic E-state index is 0.263. The van der Waals surface area contributed by atoms with Crippen LogP contribution in [0.25, 0.3) is 0 Å². The van der Waals surface area contributed by atoms with Crippen molar-refractivity contribution in [1.29, 1.82) is 0 Å². The molecular formula is C12H14N2O2. The van der Waals surface area contributed by atoms with E-state index in [2.05, 4.69) is 10.3 Å². The third kappa shape index (κ3) is 2.61. The fourth-order valence-electron chi connectivity index (χ4n) is 1.53. The number of phenols is 1. The summed E-state index contributed by atoms with van der Waals surface area (Å²) in [6.45, 7) is 0.698. The molecule has 2 N–H and O–H groups in total. The van der Waals surface area contributed by atoms with Crippen molar-refractivity contribution in [2.24, 2.45) is 0 Å². The smallest absolute Gasteiger partial charge is 0.198 e. The van der Waals surface area contributed by atoms with Crippen molar-refractivity contribution < 1.29 is 9.52 Å². The lowest BCUT2D eigenvalue weighted by atomic mass is 10.1. The Kier molecular flexibility index (Phi) is 3.22. The molecule has 0 atom stereocenters. The molecule has 0 aliphatic rings. The molecule has 0 spiro atoms. The summed E-state index contributed by atoms with van der Waals surface area (Å²) >= 11 is 0. The van der Waals surface area contributed by atoms with Crippen LogP contribution in [0, 0.1) is 0 Å². The Morgan fingerprint density at radius 1 is 1.44 bits per heavy atom. The quantitative estimate of drug-likeness (QED) is 0.820. The first-order chi connectivity index (χ1) is 7.78. The molecule has 0 saturated carbocycles. The normalized spacial score (nSPS) is 10.6. The van der Waals surface area contributed by atoms with Gasteiger partial charge in [0.15, 0.2) is 5.89 Å². The van der Waals surface area contributed by atoms with E-state index in [9.17, 15) is 5.11 Å². The van der Waals surface area contributed by atoms with Crippen molar-refractivity contribution in [3.05, 3.63) is 47.7 Å². The zero-order valence-electron chi connectivity index (χ0n) is 9.10. The fourth-order valence-corrected chi connectivity index (χ4v) is 1.53. The monoisotopic (exact) mass is 218 g/mol. The Bertz CT molecular complexity index is 466. The van der Waals surface area contributed by atoms with Gasteiger partial charge in [-0.05, 0) is 24.7 Å². The summed E-state index contributed by atoms with van der Waals surface area (Å²) in [6.07, 6.45) is 2.24. The average Bonchev–Trinajstić information content (AvgIpc) is 2.66. The van der Waals surface area contributed by atoms with Crippen molar-refractivity contribution in [2.75, 3.05) is 7.05 Å². The number of nitrogens with one attached hydrogen (secondary N) is 1. The summed E-state index contributed by atoms with van der Waals surface area (Å²) in [5.74, 6) is 0.926. The summed E-state index contributed by atoms with van der Waals surface area (Å²) in [4.78, 5) is 4.31. The predicted molar refractivity (Wildman–Crippen MR) is 60.2 cm³/mol. The van der Waals surface area contributed by atoms with Gasteiger partial charge in [-0.3, -0.25) is 0 Å². The zero-order valence-corrected chi connectivity index (χ0v) is 9.10. The average molecular weight is 218 g/mol. The highest BCUT2D eigenvalue weighted by Gasteiger charge is 2.04. The number of phenolic OH excluding ortho intramolecular Hbond substituents is 1. The first-order valence-corrected chi connectivity index (χ1v) is 5.13. The fraction of sp³-hybridized carbons (Fsp3) is 0.250. The Balaban J connectivity index is 2.08. The number of aromatic hydroxyl groups is 1. The van der Waals surface area contributed by atoms with Crippen molar-refractivity contribution in [3.63, 3.8) is 0 Å². The molecule has 0 bridgehead atoms. The van der Waals surface area contributed by atoms with Gasteiger partial charge < -0.3 is 14.8 Å². The molecule has 1 heterocycles. The van der Waals surface area contributed by atoms with E-state index in [1.807, 2.05) is 19.2 Å². The van der Waals surface area contributed by atoms with E-state index < -0.39 is 0 Å². The van der Waals surface area contributed by atoms with Gasteiger partial charge in [0.25, 0.3) is 0 Å². The molecule has 0 amide bonds. The Labute approximate surface area is 93.9 Å². The van der Waals surface area contributed by atoms with Gasteiger partial charge in [0.1, 0.15) is 12.0 Å². The van der Waals surface area contributed by atoms with Crippen LogP contribution in [0.15, 0.2) is 34.9 Å². The van der Waals surface area contributed by atoms with Crippen LogP contribution < -0.4 is 5.32 Å². The second-order valence-electron chi connectivity index (χ2n) is 3.61. The number of benzene rings is 1. The molecule has 84 valence electrons. The number of rotatable bonds is 4. The highest BCUT2D eigenvalue weighted by Crippen LogP contribution is 2.14. The van der Waals surface area contributed by atoms with Crippen LogP contribution in [-0.4, -0.2) is 17.1 Å². The molecule has 0 fully saturated rings. The third-order valence-electron chi connectivity index (χ3n) is 2.22. The molecule has 0 unspecified atom stereocenters. The first-order valence-electron chi connectivity index (χ1n) is 5.13. The Hall–Kier alpha value is -1.81. The Morgan fingerprint density at radius 3 is 3.06 bits per heavy atom.